The van der Waals surface area contributed by atoms with Crippen molar-refractivity contribution < 1.29 is 9.47 Å². The summed E-state index contributed by atoms with van der Waals surface area (Å²) in [6.07, 6.45) is 0. The predicted octanol–water partition coefficient (Wildman–Crippen LogP) is 3.09. The van der Waals surface area contributed by atoms with Crippen molar-refractivity contribution in [1.82, 2.24) is 0 Å². The van der Waals surface area contributed by atoms with Gasteiger partial charge < -0.3 is 9.47 Å². The molecule has 0 aliphatic rings. The lowest BCUT2D eigenvalue weighted by molar-refractivity contribution is 0.390. The summed E-state index contributed by atoms with van der Waals surface area (Å²) in [6.45, 7) is 1.83. The average Bonchev–Trinajstić information content (AvgIpc) is 2.26. The number of nitrogens with zero attached hydrogens (tertiary/aromatic N) is 1. The highest BCUT2D eigenvalue weighted by Crippen LogP contribution is 2.36. The van der Waals surface area contributed by atoms with E-state index in [1.807, 2.05) is 13.0 Å². The molecule has 0 amide bonds. The summed E-state index contributed by atoms with van der Waals surface area (Å²) < 4.78 is 11.2. The third-order valence-corrected chi connectivity index (χ3v) is 2.80. The van der Waals surface area contributed by atoms with Crippen molar-refractivity contribution in [2.75, 3.05) is 14.2 Å². The van der Waals surface area contributed by atoms with Gasteiger partial charge >= 0.3 is 0 Å². The minimum Gasteiger partial charge on any atom is -0.497 e. The van der Waals surface area contributed by atoms with Gasteiger partial charge in [-0.05, 0) is 13.0 Å². The van der Waals surface area contributed by atoms with E-state index in [1.54, 1.807) is 20.3 Å². The Labute approximate surface area is 97.7 Å². The molecule has 0 aromatic heterocycles. The van der Waals surface area contributed by atoms with E-state index in [-0.39, 0.29) is 5.92 Å². The summed E-state index contributed by atoms with van der Waals surface area (Å²) in [4.78, 5) is 0. The van der Waals surface area contributed by atoms with Gasteiger partial charge in [0.25, 0.3) is 0 Å². The Morgan fingerprint density at radius 3 is 2.47 bits per heavy atom. The van der Waals surface area contributed by atoms with Crippen LogP contribution in [0.1, 0.15) is 18.4 Å². The van der Waals surface area contributed by atoms with Gasteiger partial charge in [0.2, 0.25) is 0 Å². The number of nitriles is 1. The highest BCUT2D eigenvalue weighted by Gasteiger charge is 2.16. The van der Waals surface area contributed by atoms with Crippen molar-refractivity contribution in [3.63, 3.8) is 0 Å². The van der Waals surface area contributed by atoms with Crippen LogP contribution in [0.4, 0.5) is 0 Å². The van der Waals surface area contributed by atoms with Crippen molar-refractivity contribution in [1.29, 1.82) is 5.26 Å². The molecule has 0 aliphatic heterocycles. The van der Waals surface area contributed by atoms with Crippen LogP contribution in [0, 0.1) is 11.3 Å². The van der Waals surface area contributed by atoms with E-state index in [0.717, 1.165) is 10.0 Å². The maximum absolute atomic E-state index is 8.90. The number of benzene rings is 1. The van der Waals surface area contributed by atoms with E-state index < -0.39 is 0 Å². The minimum atomic E-state index is -0.222. The summed E-state index contributed by atoms with van der Waals surface area (Å²) >= 11 is 3.41. The predicted molar refractivity (Wildman–Crippen MR) is 61.3 cm³/mol. The van der Waals surface area contributed by atoms with Crippen LogP contribution < -0.4 is 9.47 Å². The smallest absolute Gasteiger partial charge is 0.128 e. The fourth-order valence-corrected chi connectivity index (χ4v) is 2.10. The van der Waals surface area contributed by atoms with E-state index in [2.05, 4.69) is 22.0 Å². The molecule has 1 rings (SSSR count). The number of rotatable bonds is 3. The van der Waals surface area contributed by atoms with E-state index in [9.17, 15) is 0 Å². The summed E-state index contributed by atoms with van der Waals surface area (Å²) in [7, 11) is 3.17. The molecule has 15 heavy (non-hydrogen) atoms. The first kappa shape index (κ1) is 11.9. The van der Waals surface area contributed by atoms with E-state index in [0.29, 0.717) is 11.5 Å². The molecule has 1 aromatic rings. The van der Waals surface area contributed by atoms with Crippen LogP contribution in [0.2, 0.25) is 0 Å². The van der Waals surface area contributed by atoms with E-state index in [4.69, 9.17) is 14.7 Å². The lowest BCUT2D eigenvalue weighted by Crippen LogP contribution is -1.98. The number of methoxy groups -OCH3 is 2. The van der Waals surface area contributed by atoms with Gasteiger partial charge in [-0.3, -0.25) is 0 Å². The largest absolute Gasteiger partial charge is 0.497 e. The van der Waals surface area contributed by atoms with Crippen molar-refractivity contribution in [3.8, 4) is 17.6 Å². The molecule has 0 radical (unpaired) electrons. The second kappa shape index (κ2) is 5.04. The van der Waals surface area contributed by atoms with Gasteiger partial charge in [-0.2, -0.15) is 5.26 Å². The van der Waals surface area contributed by atoms with Gasteiger partial charge in [0.05, 0.1) is 26.2 Å². The molecule has 0 saturated carbocycles. The second-order valence-electron chi connectivity index (χ2n) is 3.08. The Kier molecular flexibility index (Phi) is 3.98. The molecule has 0 saturated heterocycles. The second-order valence-corrected chi connectivity index (χ2v) is 3.93. The maximum Gasteiger partial charge on any atom is 0.128 e. The molecule has 1 aromatic carbocycles. The maximum atomic E-state index is 8.90. The van der Waals surface area contributed by atoms with Gasteiger partial charge in [0.15, 0.2) is 0 Å². The zero-order chi connectivity index (χ0) is 11.4. The molecule has 0 aliphatic carbocycles. The highest BCUT2D eigenvalue weighted by molar-refractivity contribution is 9.10. The van der Waals surface area contributed by atoms with Crippen molar-refractivity contribution in [2.45, 2.75) is 12.8 Å². The summed E-state index contributed by atoms with van der Waals surface area (Å²) in [5.41, 5.74) is 0.848. The number of ether oxygens (including phenoxy) is 2. The Balaban J connectivity index is 3.32. The molecule has 0 spiro atoms. The molecule has 0 heterocycles. The van der Waals surface area contributed by atoms with Crippen LogP contribution in [0.5, 0.6) is 11.5 Å². The standard InChI is InChI=1S/C11H12BrNO2/c1-7(6-13)11-9(12)4-8(14-2)5-10(11)15-3/h4-5,7H,1-3H3. The summed E-state index contributed by atoms with van der Waals surface area (Å²) in [5.74, 6) is 1.14. The molecular formula is C11H12BrNO2. The minimum absolute atomic E-state index is 0.222. The van der Waals surface area contributed by atoms with Gasteiger partial charge in [0, 0.05) is 16.1 Å². The van der Waals surface area contributed by atoms with Gasteiger partial charge in [-0.1, -0.05) is 15.9 Å². The molecule has 1 unspecified atom stereocenters. The van der Waals surface area contributed by atoms with Gasteiger partial charge in [-0.25, -0.2) is 0 Å². The van der Waals surface area contributed by atoms with E-state index in [1.165, 1.54) is 0 Å². The van der Waals surface area contributed by atoms with Crippen LogP contribution >= 0.6 is 15.9 Å². The zero-order valence-corrected chi connectivity index (χ0v) is 10.5. The first-order valence-electron chi connectivity index (χ1n) is 4.45. The summed E-state index contributed by atoms with van der Waals surface area (Å²) in [5, 5.41) is 8.90. The van der Waals surface area contributed by atoms with E-state index >= 15 is 0 Å². The molecule has 0 bridgehead atoms. The molecule has 4 heteroatoms. The molecule has 1 atom stereocenters. The first-order valence-corrected chi connectivity index (χ1v) is 5.24. The fourth-order valence-electron chi connectivity index (χ4n) is 1.34. The Morgan fingerprint density at radius 2 is 2.00 bits per heavy atom. The number of hydrogen-bond acceptors (Lipinski definition) is 3. The van der Waals surface area contributed by atoms with Gasteiger partial charge in [0.1, 0.15) is 11.5 Å². The lowest BCUT2D eigenvalue weighted by atomic mass is 10.0. The zero-order valence-electron chi connectivity index (χ0n) is 8.87. The average molecular weight is 270 g/mol. The molecule has 80 valence electrons. The third-order valence-electron chi connectivity index (χ3n) is 2.15. The quantitative estimate of drug-likeness (QED) is 0.847. The topological polar surface area (TPSA) is 42.2 Å². The molecular weight excluding hydrogens is 258 g/mol. The molecule has 0 fully saturated rings. The lowest BCUT2D eigenvalue weighted by Gasteiger charge is -2.13. The van der Waals surface area contributed by atoms with Crippen molar-refractivity contribution in [2.24, 2.45) is 0 Å². The van der Waals surface area contributed by atoms with Gasteiger partial charge in [-0.15, -0.1) is 0 Å². The Bertz CT molecular complexity index is 398. The Morgan fingerprint density at radius 1 is 1.33 bits per heavy atom. The number of halogens is 1. The molecule has 0 N–H and O–H groups in total. The monoisotopic (exact) mass is 269 g/mol. The number of hydrogen-bond donors (Lipinski definition) is 0. The fraction of sp³-hybridized carbons (Fsp3) is 0.364. The highest BCUT2D eigenvalue weighted by atomic mass is 79.9. The van der Waals surface area contributed by atoms with Crippen LogP contribution in [0.25, 0.3) is 0 Å². The van der Waals surface area contributed by atoms with Crippen LogP contribution in [-0.2, 0) is 0 Å². The summed E-state index contributed by atoms with van der Waals surface area (Å²) in [6, 6.07) is 5.78. The van der Waals surface area contributed by atoms with Crippen LogP contribution in [0.3, 0.4) is 0 Å². The van der Waals surface area contributed by atoms with Crippen LogP contribution in [0.15, 0.2) is 16.6 Å². The van der Waals surface area contributed by atoms with Crippen molar-refractivity contribution in [3.05, 3.63) is 22.2 Å². The molecule has 3 nitrogen and oxygen atoms in total. The Hall–Kier alpha value is -1.21. The van der Waals surface area contributed by atoms with Crippen LogP contribution in [-0.4, -0.2) is 14.2 Å². The first-order chi connectivity index (χ1) is 7.13. The SMILES string of the molecule is COc1cc(Br)c(C(C)C#N)c(OC)c1. The third kappa shape index (κ3) is 2.42. The normalized spacial score (nSPS) is 11.7. The van der Waals surface area contributed by atoms with Crippen molar-refractivity contribution >= 4 is 15.9 Å².